The van der Waals surface area contributed by atoms with E-state index in [1.807, 2.05) is 0 Å². The molecule has 1 amide bonds. The van der Waals surface area contributed by atoms with Gasteiger partial charge in [-0.1, -0.05) is 0 Å². The number of anilines is 1. The largest absolute Gasteiger partial charge is 0.493 e. The van der Waals surface area contributed by atoms with Crippen molar-refractivity contribution in [2.45, 2.75) is 31.2 Å². The van der Waals surface area contributed by atoms with Crippen molar-refractivity contribution in [3.8, 4) is 11.5 Å². The Kier molecular flexibility index (Phi) is 4.17. The highest BCUT2D eigenvalue weighted by atomic mass is 19.4. The van der Waals surface area contributed by atoms with E-state index in [-0.39, 0.29) is 5.95 Å². The fourth-order valence-corrected chi connectivity index (χ4v) is 4.02. The Hall–Kier alpha value is -2.49. The summed E-state index contributed by atoms with van der Waals surface area (Å²) in [5, 5.41) is 2.47. The minimum Gasteiger partial charge on any atom is -0.493 e. The predicted octanol–water partition coefficient (Wildman–Crippen LogP) is 2.87. The topological polar surface area (TPSA) is 85.5 Å². The van der Waals surface area contributed by atoms with Crippen LogP contribution in [0.1, 0.15) is 12.8 Å². The zero-order chi connectivity index (χ0) is 19.3. The van der Waals surface area contributed by atoms with Gasteiger partial charge in [0.2, 0.25) is 11.9 Å². The first kappa shape index (κ1) is 17.9. The molecular weight excluding hydrogens is 367 g/mol. The highest BCUT2D eigenvalue weighted by molar-refractivity contribution is 5.94. The number of alkyl halides is 3. The Morgan fingerprint density at radius 2 is 1.89 bits per heavy atom. The molecule has 2 saturated heterocycles. The quantitative estimate of drug-likeness (QED) is 0.845. The summed E-state index contributed by atoms with van der Waals surface area (Å²) >= 11 is 0. The second-order valence-electron chi connectivity index (χ2n) is 6.68. The Bertz CT molecular complexity index is 841. The van der Waals surface area contributed by atoms with Crippen molar-refractivity contribution < 1.29 is 32.2 Å². The van der Waals surface area contributed by atoms with Gasteiger partial charge in [0.15, 0.2) is 11.5 Å². The van der Waals surface area contributed by atoms with E-state index >= 15 is 0 Å². The predicted molar refractivity (Wildman–Crippen MR) is 88.8 cm³/mol. The first-order chi connectivity index (χ1) is 12.8. The summed E-state index contributed by atoms with van der Waals surface area (Å²) in [5.41, 5.74) is 1.04. The van der Waals surface area contributed by atoms with Crippen LogP contribution in [-0.2, 0) is 9.53 Å². The number of H-pyrrole nitrogens is 1. The molecule has 3 heterocycles. The smallest absolute Gasteiger partial charge is 0.395 e. The number of carbonyl (C=O) groups is 1. The van der Waals surface area contributed by atoms with Crippen molar-refractivity contribution in [1.82, 2.24) is 9.97 Å². The second kappa shape index (κ2) is 6.29. The van der Waals surface area contributed by atoms with Gasteiger partial charge in [0, 0.05) is 12.1 Å². The lowest BCUT2D eigenvalue weighted by Crippen LogP contribution is -2.44. The molecule has 2 bridgehead atoms. The molecule has 1 aromatic carbocycles. The van der Waals surface area contributed by atoms with Crippen molar-refractivity contribution in [1.29, 1.82) is 0 Å². The van der Waals surface area contributed by atoms with E-state index in [2.05, 4.69) is 15.3 Å². The second-order valence-corrected chi connectivity index (χ2v) is 6.68. The standard InChI is InChI=1S/C17H18F3N3O4/c1-25-11-5-7-8(6-12(11)26-2)22-16(21-7)23-15(24)13-9-3-4-10(27-9)14(13)17(18,19)20/h5-6,9-10,13-14H,3-4H2,1-2H3,(H2,21,22,23,24). The molecule has 27 heavy (non-hydrogen) atoms. The molecule has 0 aliphatic carbocycles. The third kappa shape index (κ3) is 2.97. The molecule has 2 aliphatic heterocycles. The van der Waals surface area contributed by atoms with E-state index in [0.29, 0.717) is 35.4 Å². The van der Waals surface area contributed by atoms with Crippen LogP contribution in [0.5, 0.6) is 11.5 Å². The summed E-state index contributed by atoms with van der Waals surface area (Å²) in [6.45, 7) is 0. The number of amides is 1. The van der Waals surface area contributed by atoms with Gasteiger partial charge in [0.25, 0.3) is 0 Å². The van der Waals surface area contributed by atoms with E-state index in [4.69, 9.17) is 14.2 Å². The number of rotatable bonds is 4. The fourth-order valence-electron chi connectivity index (χ4n) is 4.02. The number of nitrogens with one attached hydrogen (secondary N) is 2. The number of hydrogen-bond acceptors (Lipinski definition) is 5. The molecule has 4 unspecified atom stereocenters. The van der Waals surface area contributed by atoms with Crippen molar-refractivity contribution in [3.05, 3.63) is 12.1 Å². The van der Waals surface area contributed by atoms with Crippen molar-refractivity contribution >= 4 is 22.9 Å². The van der Waals surface area contributed by atoms with Crippen LogP contribution >= 0.6 is 0 Å². The maximum Gasteiger partial charge on any atom is 0.395 e. The third-order valence-corrected chi connectivity index (χ3v) is 5.18. The van der Waals surface area contributed by atoms with Crippen LogP contribution in [0.25, 0.3) is 11.0 Å². The summed E-state index contributed by atoms with van der Waals surface area (Å²) in [4.78, 5) is 19.7. The van der Waals surface area contributed by atoms with Crippen LogP contribution in [0.3, 0.4) is 0 Å². The number of aromatic amines is 1. The van der Waals surface area contributed by atoms with Gasteiger partial charge in [-0.2, -0.15) is 13.2 Å². The lowest BCUT2D eigenvalue weighted by atomic mass is 9.78. The molecule has 0 radical (unpaired) electrons. The van der Waals surface area contributed by atoms with E-state index in [1.54, 1.807) is 12.1 Å². The Morgan fingerprint density at radius 3 is 2.56 bits per heavy atom. The van der Waals surface area contributed by atoms with Crippen LogP contribution in [0.2, 0.25) is 0 Å². The number of fused-ring (bicyclic) bond motifs is 3. The lowest BCUT2D eigenvalue weighted by molar-refractivity contribution is -0.196. The maximum absolute atomic E-state index is 13.4. The number of hydrogen-bond donors (Lipinski definition) is 2. The first-order valence-corrected chi connectivity index (χ1v) is 8.46. The van der Waals surface area contributed by atoms with Gasteiger partial charge in [-0.15, -0.1) is 0 Å². The molecule has 7 nitrogen and oxygen atoms in total. The zero-order valence-electron chi connectivity index (χ0n) is 14.6. The molecule has 2 aromatic rings. The van der Waals surface area contributed by atoms with Gasteiger partial charge in [0.1, 0.15) is 0 Å². The SMILES string of the molecule is COc1cc2nc(NC(=O)C3C4CCC(O4)C3C(F)(F)F)[nH]c2cc1OC. The molecular formula is C17H18F3N3O4. The van der Waals surface area contributed by atoms with Crippen LogP contribution in [0, 0.1) is 11.8 Å². The van der Waals surface area contributed by atoms with Gasteiger partial charge in [0.05, 0.1) is 49.3 Å². The minimum atomic E-state index is -4.49. The van der Waals surface area contributed by atoms with Crippen LogP contribution in [0.4, 0.5) is 19.1 Å². The highest BCUT2D eigenvalue weighted by Gasteiger charge is 2.62. The Labute approximate surface area is 152 Å². The lowest BCUT2D eigenvalue weighted by Gasteiger charge is -2.28. The van der Waals surface area contributed by atoms with E-state index in [0.717, 1.165) is 0 Å². The molecule has 0 saturated carbocycles. The molecule has 0 spiro atoms. The van der Waals surface area contributed by atoms with Gasteiger partial charge < -0.3 is 19.2 Å². The molecule has 2 N–H and O–H groups in total. The molecule has 1 aromatic heterocycles. The average molecular weight is 385 g/mol. The van der Waals surface area contributed by atoms with E-state index in [1.165, 1.54) is 14.2 Å². The molecule has 4 rings (SSSR count). The number of nitrogens with zero attached hydrogens (tertiary/aromatic N) is 1. The first-order valence-electron chi connectivity index (χ1n) is 8.46. The number of benzene rings is 1. The minimum absolute atomic E-state index is 0.0639. The Morgan fingerprint density at radius 1 is 1.22 bits per heavy atom. The number of carbonyl (C=O) groups excluding carboxylic acids is 1. The summed E-state index contributed by atoms with van der Waals surface area (Å²) in [7, 11) is 2.96. The van der Waals surface area contributed by atoms with E-state index < -0.39 is 36.1 Å². The number of methoxy groups -OCH3 is 2. The monoisotopic (exact) mass is 385 g/mol. The van der Waals surface area contributed by atoms with Gasteiger partial charge in [-0.25, -0.2) is 4.98 Å². The van der Waals surface area contributed by atoms with Crippen LogP contribution in [-0.4, -0.2) is 48.5 Å². The summed E-state index contributed by atoms with van der Waals surface area (Å²) in [6, 6.07) is 3.25. The fraction of sp³-hybridized carbons (Fsp3) is 0.529. The van der Waals surface area contributed by atoms with Crippen molar-refractivity contribution in [2.24, 2.45) is 11.8 Å². The third-order valence-electron chi connectivity index (χ3n) is 5.18. The normalized spacial score (nSPS) is 27.1. The Balaban J connectivity index is 1.59. The van der Waals surface area contributed by atoms with Crippen LogP contribution in [0.15, 0.2) is 12.1 Å². The zero-order valence-corrected chi connectivity index (χ0v) is 14.6. The van der Waals surface area contributed by atoms with Gasteiger partial charge in [-0.05, 0) is 12.8 Å². The van der Waals surface area contributed by atoms with E-state index in [9.17, 15) is 18.0 Å². The molecule has 4 atom stereocenters. The summed E-state index contributed by atoms with van der Waals surface area (Å²) < 4.78 is 55.9. The number of imidazole rings is 1. The molecule has 2 aliphatic rings. The average Bonchev–Trinajstić information content (AvgIpc) is 3.32. The maximum atomic E-state index is 13.4. The highest BCUT2D eigenvalue weighted by Crippen LogP contribution is 2.50. The number of ether oxygens (including phenoxy) is 3. The molecule has 146 valence electrons. The summed E-state index contributed by atoms with van der Waals surface area (Å²) in [6.07, 6.45) is -5.38. The van der Waals surface area contributed by atoms with Gasteiger partial charge in [-0.3, -0.25) is 10.1 Å². The van der Waals surface area contributed by atoms with Crippen molar-refractivity contribution in [3.63, 3.8) is 0 Å². The van der Waals surface area contributed by atoms with Gasteiger partial charge >= 0.3 is 6.18 Å². The number of halogens is 3. The molecule has 2 fully saturated rings. The van der Waals surface area contributed by atoms with Crippen molar-refractivity contribution in [2.75, 3.05) is 19.5 Å². The number of aromatic nitrogens is 2. The van der Waals surface area contributed by atoms with Crippen LogP contribution < -0.4 is 14.8 Å². The molecule has 10 heteroatoms. The summed E-state index contributed by atoms with van der Waals surface area (Å²) in [5.74, 6) is -2.84.